The number of likely N-dealkylation sites (tertiary alicyclic amines) is 1. The van der Waals surface area contributed by atoms with Gasteiger partial charge in [-0.05, 0) is 44.7 Å². The molecule has 2 rings (SSSR count). The van der Waals surface area contributed by atoms with Gasteiger partial charge in [-0.2, -0.15) is 0 Å². The van der Waals surface area contributed by atoms with Gasteiger partial charge in [-0.15, -0.1) is 0 Å². The summed E-state index contributed by atoms with van der Waals surface area (Å²) in [5.74, 6) is 2.23. The maximum absolute atomic E-state index is 5.97. The van der Waals surface area contributed by atoms with Crippen LogP contribution in [0.3, 0.4) is 0 Å². The molecule has 2 fully saturated rings. The molecule has 0 amide bonds. The van der Waals surface area contributed by atoms with Crippen LogP contribution in [0.5, 0.6) is 0 Å². The molecule has 2 aliphatic rings. The van der Waals surface area contributed by atoms with E-state index >= 15 is 0 Å². The molecular formula is C18H36N4O. The highest BCUT2D eigenvalue weighted by atomic mass is 16.5. The van der Waals surface area contributed by atoms with Gasteiger partial charge in [0.1, 0.15) is 0 Å². The molecular weight excluding hydrogens is 288 g/mol. The minimum atomic E-state index is 0.201. The van der Waals surface area contributed by atoms with Gasteiger partial charge in [0, 0.05) is 38.7 Å². The second-order valence-corrected chi connectivity index (χ2v) is 8.22. The van der Waals surface area contributed by atoms with Gasteiger partial charge in [0.2, 0.25) is 0 Å². The van der Waals surface area contributed by atoms with Gasteiger partial charge < -0.3 is 20.3 Å². The number of rotatable bonds is 5. The van der Waals surface area contributed by atoms with E-state index in [4.69, 9.17) is 9.73 Å². The smallest absolute Gasteiger partial charge is 0.191 e. The average molecular weight is 325 g/mol. The zero-order chi connectivity index (χ0) is 16.9. The SMILES string of the molecule is CCNC(=NCC1CCN(C)C1)NCC1CCOC1C(C)(C)C. The fraction of sp³-hybridized carbons (Fsp3) is 0.944. The van der Waals surface area contributed by atoms with Gasteiger partial charge in [-0.25, -0.2) is 0 Å². The molecule has 0 aliphatic carbocycles. The molecule has 2 heterocycles. The normalized spacial score (nSPS) is 30.0. The third-order valence-electron chi connectivity index (χ3n) is 4.94. The maximum atomic E-state index is 5.97. The monoisotopic (exact) mass is 324 g/mol. The summed E-state index contributed by atoms with van der Waals surface area (Å²) in [6.07, 6.45) is 2.74. The minimum absolute atomic E-state index is 0.201. The number of guanidine groups is 1. The van der Waals surface area contributed by atoms with E-state index in [2.05, 4.69) is 50.3 Å². The first kappa shape index (κ1) is 18.5. The number of nitrogens with one attached hydrogen (secondary N) is 2. The molecule has 2 saturated heterocycles. The molecule has 2 aliphatic heterocycles. The van der Waals surface area contributed by atoms with E-state index < -0.39 is 0 Å². The third-order valence-corrected chi connectivity index (χ3v) is 4.94. The van der Waals surface area contributed by atoms with Crippen LogP contribution in [0.4, 0.5) is 0 Å². The average Bonchev–Trinajstić information content (AvgIpc) is 3.10. The molecule has 5 heteroatoms. The number of ether oxygens (including phenoxy) is 1. The van der Waals surface area contributed by atoms with Crippen molar-refractivity contribution < 1.29 is 4.74 Å². The quantitative estimate of drug-likeness (QED) is 0.599. The van der Waals surface area contributed by atoms with Gasteiger partial charge >= 0.3 is 0 Å². The van der Waals surface area contributed by atoms with E-state index in [0.717, 1.165) is 38.6 Å². The van der Waals surface area contributed by atoms with E-state index in [1.165, 1.54) is 19.5 Å². The molecule has 0 spiro atoms. The number of hydrogen-bond acceptors (Lipinski definition) is 3. The van der Waals surface area contributed by atoms with Gasteiger partial charge in [0.15, 0.2) is 5.96 Å². The molecule has 3 unspecified atom stereocenters. The highest BCUT2D eigenvalue weighted by molar-refractivity contribution is 5.79. The van der Waals surface area contributed by atoms with Crippen LogP contribution in [0.25, 0.3) is 0 Å². The molecule has 3 atom stereocenters. The highest BCUT2D eigenvalue weighted by Gasteiger charge is 2.37. The summed E-state index contributed by atoms with van der Waals surface area (Å²) >= 11 is 0. The first-order valence-electron chi connectivity index (χ1n) is 9.22. The lowest BCUT2D eigenvalue weighted by Gasteiger charge is -2.31. The Hall–Kier alpha value is -0.810. The predicted octanol–water partition coefficient (Wildman–Crippen LogP) is 1.94. The lowest BCUT2D eigenvalue weighted by molar-refractivity contribution is 0.00801. The maximum Gasteiger partial charge on any atom is 0.191 e. The van der Waals surface area contributed by atoms with Crippen LogP contribution < -0.4 is 10.6 Å². The van der Waals surface area contributed by atoms with Crippen molar-refractivity contribution >= 4 is 5.96 Å². The van der Waals surface area contributed by atoms with Crippen molar-refractivity contribution in [2.45, 2.75) is 46.6 Å². The van der Waals surface area contributed by atoms with Crippen LogP contribution >= 0.6 is 0 Å². The second kappa shape index (κ2) is 8.34. The standard InChI is InChI=1S/C18H36N4O/c1-6-19-17(20-11-14-7-9-22(5)13-14)21-12-15-8-10-23-16(15)18(2,3)4/h14-16H,6-13H2,1-5H3,(H2,19,20,21). The zero-order valence-corrected chi connectivity index (χ0v) is 15.7. The van der Waals surface area contributed by atoms with Crippen LogP contribution in [0.1, 0.15) is 40.5 Å². The van der Waals surface area contributed by atoms with Gasteiger partial charge in [-0.3, -0.25) is 4.99 Å². The molecule has 134 valence electrons. The van der Waals surface area contributed by atoms with Crippen molar-refractivity contribution in [2.24, 2.45) is 22.2 Å². The van der Waals surface area contributed by atoms with Crippen molar-refractivity contribution in [3.8, 4) is 0 Å². The second-order valence-electron chi connectivity index (χ2n) is 8.22. The molecule has 0 saturated carbocycles. The third kappa shape index (κ3) is 5.64. The fourth-order valence-corrected chi connectivity index (χ4v) is 3.77. The summed E-state index contributed by atoms with van der Waals surface area (Å²) in [6.45, 7) is 15.0. The lowest BCUT2D eigenvalue weighted by Crippen LogP contribution is -2.43. The molecule has 0 bridgehead atoms. The Bertz CT molecular complexity index is 391. The Kier molecular flexibility index (Phi) is 6.72. The highest BCUT2D eigenvalue weighted by Crippen LogP contribution is 2.34. The minimum Gasteiger partial charge on any atom is -0.377 e. The van der Waals surface area contributed by atoms with Crippen molar-refractivity contribution in [3.63, 3.8) is 0 Å². The number of aliphatic imine (C=N–C) groups is 1. The topological polar surface area (TPSA) is 48.9 Å². The molecule has 0 aromatic carbocycles. The van der Waals surface area contributed by atoms with E-state index in [0.29, 0.717) is 17.9 Å². The summed E-state index contributed by atoms with van der Waals surface area (Å²) in [5, 5.41) is 6.92. The largest absolute Gasteiger partial charge is 0.377 e. The molecule has 0 radical (unpaired) electrons. The predicted molar refractivity (Wildman–Crippen MR) is 96.9 cm³/mol. The van der Waals surface area contributed by atoms with Gasteiger partial charge in [0.05, 0.1) is 6.10 Å². The summed E-state index contributed by atoms with van der Waals surface area (Å²) in [5.41, 5.74) is 0.201. The Morgan fingerprint density at radius 3 is 2.65 bits per heavy atom. The number of hydrogen-bond donors (Lipinski definition) is 2. The molecule has 23 heavy (non-hydrogen) atoms. The van der Waals surface area contributed by atoms with E-state index in [1.54, 1.807) is 0 Å². The Morgan fingerprint density at radius 2 is 2.04 bits per heavy atom. The lowest BCUT2D eigenvalue weighted by atomic mass is 9.81. The van der Waals surface area contributed by atoms with Gasteiger partial charge in [-0.1, -0.05) is 20.8 Å². The summed E-state index contributed by atoms with van der Waals surface area (Å²) < 4.78 is 5.97. The Labute approximate surface area is 142 Å². The van der Waals surface area contributed by atoms with Crippen molar-refractivity contribution in [3.05, 3.63) is 0 Å². The van der Waals surface area contributed by atoms with Crippen LogP contribution in [0.2, 0.25) is 0 Å². The first-order valence-corrected chi connectivity index (χ1v) is 9.22. The molecule has 2 N–H and O–H groups in total. The van der Waals surface area contributed by atoms with Crippen LogP contribution in [0, 0.1) is 17.3 Å². The Morgan fingerprint density at radius 1 is 1.26 bits per heavy atom. The van der Waals surface area contributed by atoms with Crippen LogP contribution in [0.15, 0.2) is 4.99 Å². The van der Waals surface area contributed by atoms with E-state index in [-0.39, 0.29) is 5.41 Å². The fourth-order valence-electron chi connectivity index (χ4n) is 3.77. The van der Waals surface area contributed by atoms with Crippen LogP contribution in [-0.2, 0) is 4.74 Å². The van der Waals surface area contributed by atoms with Crippen molar-refractivity contribution in [1.29, 1.82) is 0 Å². The molecule has 5 nitrogen and oxygen atoms in total. The summed E-state index contributed by atoms with van der Waals surface area (Å²) in [7, 11) is 2.19. The summed E-state index contributed by atoms with van der Waals surface area (Å²) in [4.78, 5) is 7.20. The van der Waals surface area contributed by atoms with E-state index in [9.17, 15) is 0 Å². The van der Waals surface area contributed by atoms with E-state index in [1.807, 2.05) is 0 Å². The van der Waals surface area contributed by atoms with Crippen LogP contribution in [-0.4, -0.2) is 63.3 Å². The summed E-state index contributed by atoms with van der Waals surface area (Å²) in [6, 6.07) is 0. The number of nitrogens with zero attached hydrogens (tertiary/aromatic N) is 2. The molecule has 0 aromatic heterocycles. The molecule has 0 aromatic rings. The van der Waals surface area contributed by atoms with Crippen molar-refractivity contribution in [2.75, 3.05) is 46.4 Å². The Balaban J connectivity index is 1.84. The first-order chi connectivity index (χ1) is 10.9. The van der Waals surface area contributed by atoms with Crippen molar-refractivity contribution in [1.82, 2.24) is 15.5 Å². The zero-order valence-electron chi connectivity index (χ0n) is 15.7. The van der Waals surface area contributed by atoms with Gasteiger partial charge in [0.25, 0.3) is 0 Å².